The van der Waals surface area contributed by atoms with Crippen LogP contribution in [0.5, 0.6) is 11.5 Å². The summed E-state index contributed by atoms with van der Waals surface area (Å²) < 4.78 is 17.1. The molecule has 1 amide bonds. The normalized spacial score (nSPS) is 14.3. The first kappa shape index (κ1) is 31.3. The van der Waals surface area contributed by atoms with Gasteiger partial charge in [0, 0.05) is 24.9 Å². The second-order valence-electron chi connectivity index (χ2n) is 11.7. The van der Waals surface area contributed by atoms with Crippen molar-refractivity contribution in [3.05, 3.63) is 108 Å². The first-order chi connectivity index (χ1) is 22.7. The number of rotatable bonds is 13. The third kappa shape index (κ3) is 7.27. The average molecular weight is 635 g/mol. The van der Waals surface area contributed by atoms with E-state index in [0.29, 0.717) is 29.4 Å². The molecular weight excluding hydrogens is 600 g/mol. The lowest BCUT2D eigenvalue weighted by Crippen LogP contribution is -2.43. The number of aromatic nitrogens is 1. The molecular formula is C37H34N2O8. The molecule has 10 nitrogen and oxygen atoms in total. The zero-order valence-electron chi connectivity index (χ0n) is 25.7. The Morgan fingerprint density at radius 1 is 0.894 bits per heavy atom. The maximum absolute atomic E-state index is 14.0. The minimum atomic E-state index is -1.37. The summed E-state index contributed by atoms with van der Waals surface area (Å²) >= 11 is 0. The van der Waals surface area contributed by atoms with Crippen molar-refractivity contribution in [1.82, 2.24) is 9.88 Å². The van der Waals surface area contributed by atoms with Crippen LogP contribution < -0.4 is 9.47 Å². The van der Waals surface area contributed by atoms with Crippen LogP contribution in [-0.4, -0.2) is 50.8 Å². The van der Waals surface area contributed by atoms with Gasteiger partial charge in [-0.15, -0.1) is 0 Å². The van der Waals surface area contributed by atoms with Crippen LogP contribution in [-0.2, 0) is 20.9 Å². The standard InChI is InChI=1S/C37H34N2O8/c1-23(39(35(40)19-28(37(43)44)20-36(41)42)21-24-13-14-25-7-2-3-8-26(25)17-24)29(27-15-16-32-33(18-27)46-22-45-32)9-6-12-34-38-30-10-4-5-11-31(30)47-34/h2-8,10-18,23,28-29H,9,19-22H2,1H3,(H,41,42)(H,43,44)/b12-6+. The quantitative estimate of drug-likeness (QED) is 0.142. The molecule has 3 unspecified atom stereocenters. The number of ether oxygens (including phenoxy) is 2. The molecule has 2 heterocycles. The molecule has 1 aromatic heterocycles. The van der Waals surface area contributed by atoms with Crippen LogP contribution >= 0.6 is 0 Å². The van der Waals surface area contributed by atoms with Crippen molar-refractivity contribution in [2.45, 2.75) is 44.7 Å². The maximum atomic E-state index is 14.0. The summed E-state index contributed by atoms with van der Waals surface area (Å²) in [4.78, 5) is 43.7. The van der Waals surface area contributed by atoms with E-state index in [9.17, 15) is 24.6 Å². The van der Waals surface area contributed by atoms with Gasteiger partial charge in [-0.2, -0.15) is 0 Å². The number of allylic oxidation sites excluding steroid dienone is 1. The minimum absolute atomic E-state index is 0.114. The molecule has 0 bridgehead atoms. The van der Waals surface area contributed by atoms with Gasteiger partial charge in [0.05, 0.1) is 12.3 Å². The Bertz CT molecular complexity index is 1930. The third-order valence-corrected chi connectivity index (χ3v) is 8.54. The van der Waals surface area contributed by atoms with Crippen molar-refractivity contribution in [3.63, 3.8) is 0 Å². The number of carbonyl (C=O) groups excluding carboxylic acids is 1. The Morgan fingerprint density at radius 2 is 1.66 bits per heavy atom. The molecule has 4 aromatic carbocycles. The molecule has 6 rings (SSSR count). The topological polar surface area (TPSA) is 139 Å². The van der Waals surface area contributed by atoms with Crippen molar-refractivity contribution in [2.75, 3.05) is 6.79 Å². The number of amides is 1. The van der Waals surface area contributed by atoms with Crippen LogP contribution in [0.1, 0.15) is 49.1 Å². The van der Waals surface area contributed by atoms with Crippen molar-refractivity contribution >= 4 is 45.8 Å². The van der Waals surface area contributed by atoms with E-state index in [4.69, 9.17) is 13.9 Å². The predicted molar refractivity (Wildman–Crippen MR) is 175 cm³/mol. The fourth-order valence-electron chi connectivity index (χ4n) is 6.03. The SMILES string of the molecule is CC(C(C/C=C/c1nc2ccccc2o1)c1ccc2c(c1)OCO2)N(Cc1ccc2ccccc2c1)C(=O)CC(CC(=O)O)C(=O)O. The fourth-order valence-corrected chi connectivity index (χ4v) is 6.03. The van der Waals surface area contributed by atoms with Gasteiger partial charge in [0.25, 0.3) is 0 Å². The molecule has 0 saturated carbocycles. The Morgan fingerprint density at radius 3 is 2.45 bits per heavy atom. The van der Waals surface area contributed by atoms with Gasteiger partial charge in [0.2, 0.25) is 18.6 Å². The van der Waals surface area contributed by atoms with E-state index in [1.54, 1.807) is 11.0 Å². The number of benzene rings is 4. The summed E-state index contributed by atoms with van der Waals surface area (Å²) in [5.74, 6) is -3.02. The number of aliphatic carboxylic acids is 2. The van der Waals surface area contributed by atoms with Crippen LogP contribution in [0, 0.1) is 5.92 Å². The predicted octanol–water partition coefficient (Wildman–Crippen LogP) is 6.88. The third-order valence-electron chi connectivity index (χ3n) is 8.54. The first-order valence-corrected chi connectivity index (χ1v) is 15.4. The zero-order valence-corrected chi connectivity index (χ0v) is 25.7. The van der Waals surface area contributed by atoms with Crippen molar-refractivity contribution < 1.29 is 38.5 Å². The van der Waals surface area contributed by atoms with Gasteiger partial charge in [0.15, 0.2) is 17.1 Å². The molecule has 1 aliphatic rings. The molecule has 47 heavy (non-hydrogen) atoms. The second kappa shape index (κ2) is 13.8. The highest BCUT2D eigenvalue weighted by Crippen LogP contribution is 2.38. The van der Waals surface area contributed by atoms with E-state index in [1.165, 1.54) is 0 Å². The molecule has 0 spiro atoms. The van der Waals surface area contributed by atoms with Gasteiger partial charge in [-0.3, -0.25) is 14.4 Å². The molecule has 5 aromatic rings. The molecule has 3 atom stereocenters. The second-order valence-corrected chi connectivity index (χ2v) is 11.7. The smallest absolute Gasteiger partial charge is 0.307 e. The molecule has 0 radical (unpaired) electrons. The molecule has 0 saturated heterocycles. The molecule has 2 N–H and O–H groups in total. The Kier molecular flexibility index (Phi) is 9.19. The number of nitrogens with zero attached hydrogens (tertiary/aromatic N) is 2. The Balaban J connectivity index is 1.35. The maximum Gasteiger partial charge on any atom is 0.307 e. The monoisotopic (exact) mass is 634 g/mol. The molecule has 0 aliphatic carbocycles. The van der Waals surface area contributed by atoms with Gasteiger partial charge in [-0.25, -0.2) is 4.98 Å². The highest BCUT2D eigenvalue weighted by atomic mass is 16.7. The lowest BCUT2D eigenvalue weighted by atomic mass is 9.87. The van der Waals surface area contributed by atoms with Crippen LogP contribution in [0.15, 0.2) is 95.4 Å². The number of para-hydroxylation sites is 2. The van der Waals surface area contributed by atoms with Crippen molar-refractivity contribution in [1.29, 1.82) is 0 Å². The van der Waals surface area contributed by atoms with E-state index in [0.717, 1.165) is 27.4 Å². The molecule has 240 valence electrons. The van der Waals surface area contributed by atoms with E-state index in [1.807, 2.05) is 97.9 Å². The van der Waals surface area contributed by atoms with E-state index in [2.05, 4.69) is 4.98 Å². The average Bonchev–Trinajstić information content (AvgIpc) is 3.71. The summed E-state index contributed by atoms with van der Waals surface area (Å²) in [6.07, 6.45) is 3.11. The molecule has 0 fully saturated rings. The number of carbonyl (C=O) groups is 3. The number of hydrogen-bond donors (Lipinski definition) is 2. The summed E-state index contributed by atoms with van der Waals surface area (Å²) in [6.45, 7) is 2.23. The van der Waals surface area contributed by atoms with Gasteiger partial charge in [0.1, 0.15) is 5.52 Å². The summed E-state index contributed by atoms with van der Waals surface area (Å²) in [5.41, 5.74) is 3.17. The van der Waals surface area contributed by atoms with Crippen LogP contribution in [0.2, 0.25) is 0 Å². The highest BCUT2D eigenvalue weighted by molar-refractivity contribution is 5.86. The number of carboxylic acid groups (broad SMARTS) is 2. The van der Waals surface area contributed by atoms with Crippen LogP contribution in [0.3, 0.4) is 0 Å². The largest absolute Gasteiger partial charge is 0.481 e. The first-order valence-electron chi connectivity index (χ1n) is 15.4. The fraction of sp³-hybridized carbons (Fsp3) is 0.243. The summed E-state index contributed by atoms with van der Waals surface area (Å²) in [7, 11) is 0. The highest BCUT2D eigenvalue weighted by Gasteiger charge is 2.33. The van der Waals surface area contributed by atoms with Crippen molar-refractivity contribution in [2.24, 2.45) is 5.92 Å². The summed E-state index contributed by atoms with van der Waals surface area (Å²) in [6, 6.07) is 26.6. The lowest BCUT2D eigenvalue weighted by Gasteiger charge is -2.36. The van der Waals surface area contributed by atoms with E-state index < -0.39 is 42.6 Å². The zero-order chi connectivity index (χ0) is 32.9. The van der Waals surface area contributed by atoms with Crippen molar-refractivity contribution in [3.8, 4) is 11.5 Å². The van der Waals surface area contributed by atoms with Gasteiger partial charge < -0.3 is 29.0 Å². The van der Waals surface area contributed by atoms with Crippen LogP contribution in [0.4, 0.5) is 0 Å². The van der Waals surface area contributed by atoms with Gasteiger partial charge in [-0.05, 0) is 71.7 Å². The summed E-state index contributed by atoms with van der Waals surface area (Å²) in [5, 5.41) is 21.2. The number of fused-ring (bicyclic) bond motifs is 3. The van der Waals surface area contributed by atoms with E-state index in [-0.39, 0.29) is 19.3 Å². The Labute approximate surface area is 270 Å². The number of hydrogen-bond acceptors (Lipinski definition) is 7. The van der Waals surface area contributed by atoms with Crippen LogP contribution in [0.25, 0.3) is 27.9 Å². The number of carboxylic acids is 2. The van der Waals surface area contributed by atoms with Gasteiger partial charge in [-0.1, -0.05) is 60.7 Å². The Hall–Kier alpha value is -5.64. The lowest BCUT2D eigenvalue weighted by molar-refractivity contribution is -0.151. The van der Waals surface area contributed by atoms with Gasteiger partial charge >= 0.3 is 11.9 Å². The molecule has 1 aliphatic heterocycles. The van der Waals surface area contributed by atoms with E-state index >= 15 is 0 Å². The number of oxazole rings is 1. The minimum Gasteiger partial charge on any atom is -0.481 e. The molecule has 10 heteroatoms.